The first-order valence-corrected chi connectivity index (χ1v) is 7.03. The topological polar surface area (TPSA) is 72.5 Å². The molecule has 0 saturated carbocycles. The maximum absolute atomic E-state index is 13.3. The van der Waals surface area contributed by atoms with E-state index in [0.29, 0.717) is 5.56 Å². The van der Waals surface area contributed by atoms with Crippen molar-refractivity contribution in [2.75, 3.05) is 0 Å². The normalized spacial score (nSPS) is 11.9. The Balaban J connectivity index is 2.24. The van der Waals surface area contributed by atoms with Crippen LogP contribution in [0.5, 0.6) is 0 Å². The number of hydrogen-bond donors (Lipinski definition) is 1. The highest BCUT2D eigenvalue weighted by molar-refractivity contribution is 7.89. The van der Waals surface area contributed by atoms with E-state index in [1.165, 1.54) is 36.5 Å². The average Bonchev–Trinajstić information content (AvgIpc) is 2.37. The fraction of sp³-hybridized carbons (Fsp3) is 0. The Hall–Kier alpha value is -2.12. The summed E-state index contributed by atoms with van der Waals surface area (Å²) in [6.45, 7) is 0. The van der Waals surface area contributed by atoms with Crippen LogP contribution in [-0.2, 0) is 10.0 Å². The van der Waals surface area contributed by atoms with Crippen molar-refractivity contribution in [3.63, 3.8) is 0 Å². The molecule has 0 aliphatic carbocycles. The quantitative estimate of drug-likeness (QED) is 0.883. The molecule has 2 N–H and O–H groups in total. The number of rotatable bonds is 3. The number of halogens is 2. The van der Waals surface area contributed by atoms with Gasteiger partial charge in [0.1, 0.15) is 5.82 Å². The second-order valence-corrected chi connectivity index (χ2v) is 5.53. The number of nitrogens with two attached hydrogens (primary N) is 1. The third kappa shape index (κ3) is 3.46. The maximum atomic E-state index is 13.3. The number of nitrogens with zero attached hydrogens (tertiary/aromatic N) is 1. The average molecular weight is 296 g/mol. The van der Waals surface area contributed by atoms with Gasteiger partial charge in [0.2, 0.25) is 10.0 Å². The van der Waals surface area contributed by atoms with Crippen LogP contribution in [0.1, 0.15) is 5.56 Å². The van der Waals surface area contributed by atoms with Crippen molar-refractivity contribution < 1.29 is 17.2 Å². The van der Waals surface area contributed by atoms with E-state index in [1.807, 2.05) is 0 Å². The first-order valence-electron chi connectivity index (χ1n) is 5.48. The van der Waals surface area contributed by atoms with E-state index < -0.39 is 21.7 Å². The fourth-order valence-corrected chi connectivity index (χ4v) is 1.99. The molecule has 0 unspecified atom stereocenters. The summed E-state index contributed by atoms with van der Waals surface area (Å²) >= 11 is 0. The molecule has 0 fully saturated rings. The molecule has 2 aromatic carbocycles. The third-order valence-corrected chi connectivity index (χ3v) is 3.40. The van der Waals surface area contributed by atoms with Crippen LogP contribution in [0.2, 0.25) is 0 Å². The Bertz CT molecular complexity index is 756. The molecule has 0 bridgehead atoms. The highest BCUT2D eigenvalue weighted by Gasteiger charge is 2.06. The molecule has 2 rings (SSSR count). The molecular formula is C13H10F2N2O2S. The minimum Gasteiger partial charge on any atom is -0.253 e. The van der Waals surface area contributed by atoms with Gasteiger partial charge in [0.25, 0.3) is 0 Å². The molecule has 0 atom stereocenters. The van der Waals surface area contributed by atoms with E-state index >= 15 is 0 Å². The van der Waals surface area contributed by atoms with Crippen molar-refractivity contribution in [2.24, 2.45) is 10.1 Å². The summed E-state index contributed by atoms with van der Waals surface area (Å²) in [6.07, 6.45) is 1.34. The van der Waals surface area contributed by atoms with Gasteiger partial charge in [0.05, 0.1) is 10.6 Å². The summed E-state index contributed by atoms with van der Waals surface area (Å²) in [5, 5.41) is 4.96. The Morgan fingerprint density at radius 3 is 2.25 bits per heavy atom. The molecule has 0 spiro atoms. The zero-order valence-corrected chi connectivity index (χ0v) is 10.9. The molecule has 0 radical (unpaired) electrons. The zero-order valence-electron chi connectivity index (χ0n) is 10.1. The molecule has 0 aliphatic heterocycles. The molecule has 4 nitrogen and oxygen atoms in total. The van der Waals surface area contributed by atoms with Crippen molar-refractivity contribution >= 4 is 21.9 Å². The van der Waals surface area contributed by atoms with Crippen molar-refractivity contribution in [3.05, 3.63) is 59.7 Å². The summed E-state index contributed by atoms with van der Waals surface area (Å²) in [6, 6.07) is 8.63. The van der Waals surface area contributed by atoms with Gasteiger partial charge in [0, 0.05) is 12.3 Å². The molecule has 2 aromatic rings. The van der Waals surface area contributed by atoms with E-state index in [4.69, 9.17) is 5.14 Å². The lowest BCUT2D eigenvalue weighted by atomic mass is 10.2. The standard InChI is InChI=1S/C13H10F2N2O2S/c14-10-3-6-13(12(15)7-10)17-8-9-1-4-11(5-2-9)20(16,18)19/h1-8H,(H2,16,18,19)/b17-8+. The van der Waals surface area contributed by atoms with Crippen LogP contribution in [0.25, 0.3) is 0 Å². The Morgan fingerprint density at radius 1 is 1.05 bits per heavy atom. The van der Waals surface area contributed by atoms with Gasteiger partial charge in [-0.05, 0) is 29.8 Å². The monoisotopic (exact) mass is 296 g/mol. The Kier molecular flexibility index (Phi) is 3.91. The molecule has 104 valence electrons. The van der Waals surface area contributed by atoms with Gasteiger partial charge in [-0.1, -0.05) is 12.1 Å². The molecule has 0 heterocycles. The van der Waals surface area contributed by atoms with Crippen molar-refractivity contribution in [1.29, 1.82) is 0 Å². The number of aliphatic imine (C=N–C) groups is 1. The van der Waals surface area contributed by atoms with E-state index in [-0.39, 0.29) is 10.6 Å². The predicted molar refractivity (Wildman–Crippen MR) is 71.4 cm³/mol. The second kappa shape index (κ2) is 5.48. The van der Waals surface area contributed by atoms with E-state index in [1.54, 1.807) is 0 Å². The Morgan fingerprint density at radius 2 is 1.70 bits per heavy atom. The molecular weight excluding hydrogens is 286 g/mol. The van der Waals surface area contributed by atoms with Gasteiger partial charge < -0.3 is 0 Å². The molecule has 0 saturated heterocycles. The summed E-state index contributed by atoms with van der Waals surface area (Å²) in [7, 11) is -3.74. The molecule has 7 heteroatoms. The first-order chi connectivity index (χ1) is 9.36. The highest BCUT2D eigenvalue weighted by atomic mass is 32.2. The minimum atomic E-state index is -3.74. The van der Waals surface area contributed by atoms with Crippen LogP contribution in [0.15, 0.2) is 52.4 Å². The lowest BCUT2D eigenvalue weighted by Gasteiger charge is -1.99. The van der Waals surface area contributed by atoms with Gasteiger partial charge in [-0.25, -0.2) is 22.3 Å². The van der Waals surface area contributed by atoms with Gasteiger partial charge in [0.15, 0.2) is 5.82 Å². The number of benzene rings is 2. The van der Waals surface area contributed by atoms with Crippen LogP contribution < -0.4 is 5.14 Å². The number of hydrogen-bond acceptors (Lipinski definition) is 3. The van der Waals surface area contributed by atoms with Crippen LogP contribution >= 0.6 is 0 Å². The fourth-order valence-electron chi connectivity index (χ4n) is 1.47. The second-order valence-electron chi connectivity index (χ2n) is 3.97. The number of sulfonamides is 1. The predicted octanol–water partition coefficient (Wildman–Crippen LogP) is 2.36. The summed E-state index contributed by atoms with van der Waals surface area (Å²) < 4.78 is 48.1. The van der Waals surface area contributed by atoms with E-state index in [0.717, 1.165) is 12.1 Å². The van der Waals surface area contributed by atoms with Gasteiger partial charge in [-0.2, -0.15) is 0 Å². The summed E-state index contributed by atoms with van der Waals surface area (Å²) in [5.74, 6) is -1.46. The van der Waals surface area contributed by atoms with Crippen molar-refractivity contribution in [1.82, 2.24) is 0 Å². The largest absolute Gasteiger partial charge is 0.253 e. The number of primary sulfonamides is 1. The van der Waals surface area contributed by atoms with Gasteiger partial charge in [-0.3, -0.25) is 4.99 Å². The Labute approximate surface area is 114 Å². The van der Waals surface area contributed by atoms with Gasteiger partial charge >= 0.3 is 0 Å². The smallest absolute Gasteiger partial charge is 0.238 e. The van der Waals surface area contributed by atoms with Crippen LogP contribution in [0, 0.1) is 11.6 Å². The van der Waals surface area contributed by atoms with E-state index in [9.17, 15) is 17.2 Å². The van der Waals surface area contributed by atoms with Crippen LogP contribution in [0.4, 0.5) is 14.5 Å². The summed E-state index contributed by atoms with van der Waals surface area (Å²) in [4.78, 5) is 3.84. The molecule has 20 heavy (non-hydrogen) atoms. The molecule has 0 aliphatic rings. The minimum absolute atomic E-state index is 0.0121. The first kappa shape index (κ1) is 14.3. The van der Waals surface area contributed by atoms with Crippen LogP contribution in [0.3, 0.4) is 0 Å². The third-order valence-electron chi connectivity index (χ3n) is 2.47. The van der Waals surface area contributed by atoms with Crippen LogP contribution in [-0.4, -0.2) is 14.6 Å². The lowest BCUT2D eigenvalue weighted by Crippen LogP contribution is -2.11. The lowest BCUT2D eigenvalue weighted by molar-refractivity contribution is 0.585. The highest BCUT2D eigenvalue weighted by Crippen LogP contribution is 2.18. The summed E-state index contributed by atoms with van der Waals surface area (Å²) in [5.41, 5.74) is 0.544. The molecule has 0 amide bonds. The maximum Gasteiger partial charge on any atom is 0.238 e. The zero-order chi connectivity index (χ0) is 14.8. The SMILES string of the molecule is NS(=O)(=O)c1ccc(/C=N/c2ccc(F)cc2F)cc1. The molecule has 0 aromatic heterocycles. The van der Waals surface area contributed by atoms with Gasteiger partial charge in [-0.15, -0.1) is 0 Å². The van der Waals surface area contributed by atoms with E-state index in [2.05, 4.69) is 4.99 Å². The van der Waals surface area contributed by atoms with Crippen molar-refractivity contribution in [2.45, 2.75) is 4.90 Å². The van der Waals surface area contributed by atoms with Crippen molar-refractivity contribution in [3.8, 4) is 0 Å².